The minimum atomic E-state index is -4.35. The molecule has 3 N–H and O–H groups in total. The van der Waals surface area contributed by atoms with Gasteiger partial charge in [0.1, 0.15) is 0 Å². The Labute approximate surface area is 142 Å². The van der Waals surface area contributed by atoms with Crippen LogP contribution in [0.1, 0.15) is 29.2 Å². The number of halogens is 3. The Kier molecular flexibility index (Phi) is 5.35. The quantitative estimate of drug-likeness (QED) is 0.797. The summed E-state index contributed by atoms with van der Waals surface area (Å²) in [6.45, 7) is 3.33. The van der Waals surface area contributed by atoms with Crippen molar-refractivity contribution in [1.82, 2.24) is 0 Å². The second-order valence-electron chi connectivity index (χ2n) is 5.41. The molecule has 1 aromatic carbocycles. The lowest BCUT2D eigenvalue weighted by molar-refractivity contribution is -0.137. The van der Waals surface area contributed by atoms with Gasteiger partial charge in [-0.15, -0.1) is 11.3 Å². The first-order valence-electron chi connectivity index (χ1n) is 7.45. The molecule has 0 radical (unpaired) electrons. The third-order valence-corrected chi connectivity index (χ3v) is 5.17. The van der Waals surface area contributed by atoms with Crippen LogP contribution in [0.25, 0.3) is 10.4 Å². The van der Waals surface area contributed by atoms with Gasteiger partial charge in [0.15, 0.2) is 0 Å². The molecule has 7 heteroatoms. The van der Waals surface area contributed by atoms with E-state index in [-0.39, 0.29) is 5.91 Å². The van der Waals surface area contributed by atoms with Gasteiger partial charge >= 0.3 is 6.18 Å². The fourth-order valence-electron chi connectivity index (χ4n) is 2.79. The third-order valence-electron chi connectivity index (χ3n) is 3.89. The molecule has 0 fully saturated rings. The van der Waals surface area contributed by atoms with Crippen LogP contribution in [0.5, 0.6) is 0 Å². The van der Waals surface area contributed by atoms with E-state index in [1.165, 1.54) is 31.4 Å². The number of carbonyl (C=O) groups excluding carboxylic acids is 1. The number of rotatable bonds is 1. The van der Waals surface area contributed by atoms with E-state index in [2.05, 4.69) is 11.1 Å². The van der Waals surface area contributed by atoms with Crippen molar-refractivity contribution in [3.05, 3.63) is 40.5 Å². The number of aryl methyl sites for hydroxylation is 1. The number of hydrogen-bond donors (Lipinski definition) is 2. The van der Waals surface area contributed by atoms with Gasteiger partial charge in [-0.05, 0) is 61.2 Å². The maximum atomic E-state index is 12.9. The van der Waals surface area contributed by atoms with E-state index in [0.29, 0.717) is 5.56 Å². The number of amides is 1. The summed E-state index contributed by atoms with van der Waals surface area (Å²) in [4.78, 5) is 12.1. The highest BCUT2D eigenvalue weighted by molar-refractivity contribution is 7.20. The highest BCUT2D eigenvalue weighted by Crippen LogP contribution is 2.46. The molecule has 0 bridgehead atoms. The van der Waals surface area contributed by atoms with E-state index in [1.807, 2.05) is 6.92 Å². The molecule has 0 atom stereocenters. The molecule has 0 saturated carbocycles. The van der Waals surface area contributed by atoms with Gasteiger partial charge in [-0.1, -0.05) is 6.07 Å². The van der Waals surface area contributed by atoms with Crippen molar-refractivity contribution >= 4 is 22.2 Å². The molecule has 0 aliphatic heterocycles. The molecule has 1 amide bonds. The largest absolute Gasteiger partial charge is 0.416 e. The van der Waals surface area contributed by atoms with Crippen molar-refractivity contribution in [3.63, 3.8) is 0 Å². The fourth-order valence-corrected chi connectivity index (χ4v) is 4.14. The van der Waals surface area contributed by atoms with Gasteiger partial charge in [0.2, 0.25) is 5.91 Å². The maximum absolute atomic E-state index is 12.9. The van der Waals surface area contributed by atoms with Crippen LogP contribution in [0.15, 0.2) is 18.2 Å². The normalized spacial score (nSPS) is 12.6. The first kappa shape index (κ1) is 18.5. The van der Waals surface area contributed by atoms with E-state index >= 15 is 0 Å². The highest BCUT2D eigenvalue weighted by atomic mass is 32.1. The summed E-state index contributed by atoms with van der Waals surface area (Å²) in [5.74, 6) is -0.175. The molecule has 0 saturated heterocycles. The number of anilines is 1. The third kappa shape index (κ3) is 3.47. The first-order valence-corrected chi connectivity index (χ1v) is 8.27. The van der Waals surface area contributed by atoms with Gasteiger partial charge < -0.3 is 11.1 Å². The summed E-state index contributed by atoms with van der Waals surface area (Å²) in [6.07, 6.45) is -2.84. The molecular weight excluding hydrogens is 337 g/mol. The number of alkyl halides is 3. The molecule has 1 heterocycles. The van der Waals surface area contributed by atoms with E-state index < -0.39 is 11.7 Å². The highest BCUT2D eigenvalue weighted by Gasteiger charge is 2.32. The zero-order valence-electron chi connectivity index (χ0n) is 13.7. The fraction of sp³-hybridized carbons (Fsp3) is 0.353. The number of nitrogens with one attached hydrogen (secondary N) is 1. The van der Waals surface area contributed by atoms with Crippen LogP contribution in [-0.2, 0) is 23.8 Å². The van der Waals surface area contributed by atoms with Crippen LogP contribution < -0.4 is 11.1 Å². The van der Waals surface area contributed by atoms with E-state index in [1.54, 1.807) is 6.07 Å². The number of hydrogen-bond acceptors (Lipinski definition) is 3. The Balaban J connectivity index is 0.00000100. The SMILES string of the molecule is CC(=O)Nc1sc2c(c1C)CCc1ccc(C(F)(F)F)cc1-2.CN. The van der Waals surface area contributed by atoms with Crippen LogP contribution in [0, 0.1) is 6.92 Å². The zero-order chi connectivity index (χ0) is 18.1. The number of nitrogens with two attached hydrogens (primary N) is 1. The standard InChI is InChI=1S/C16H14F3NOS.CH5N/c1-8-12-6-4-10-3-5-11(16(17,18)19)7-13(10)14(12)22-15(8)20-9(2)21;1-2/h3,5,7H,4,6H2,1-2H3,(H,20,21);2H2,1H3. The summed E-state index contributed by atoms with van der Waals surface area (Å²) in [5.41, 5.74) is 7.43. The van der Waals surface area contributed by atoms with Crippen molar-refractivity contribution in [2.75, 3.05) is 12.4 Å². The predicted molar refractivity (Wildman–Crippen MR) is 91.3 cm³/mol. The average molecular weight is 356 g/mol. The molecule has 0 spiro atoms. The molecule has 2 aromatic rings. The number of fused-ring (bicyclic) bond motifs is 3. The molecule has 1 aliphatic rings. The topological polar surface area (TPSA) is 55.1 Å². The Morgan fingerprint density at radius 3 is 2.50 bits per heavy atom. The Morgan fingerprint density at radius 2 is 1.92 bits per heavy atom. The van der Waals surface area contributed by atoms with Gasteiger partial charge in [0.25, 0.3) is 0 Å². The molecule has 0 unspecified atom stereocenters. The molecule has 1 aromatic heterocycles. The van der Waals surface area contributed by atoms with E-state index in [9.17, 15) is 18.0 Å². The molecule has 24 heavy (non-hydrogen) atoms. The molecule has 3 rings (SSSR count). The van der Waals surface area contributed by atoms with Crippen molar-refractivity contribution in [1.29, 1.82) is 0 Å². The Bertz CT molecular complexity index is 766. The second kappa shape index (κ2) is 6.94. The van der Waals surface area contributed by atoms with Crippen LogP contribution >= 0.6 is 11.3 Å². The lowest BCUT2D eigenvalue weighted by atomic mass is 9.88. The smallest absolute Gasteiger partial charge is 0.333 e. The zero-order valence-corrected chi connectivity index (χ0v) is 14.5. The number of thiophene rings is 1. The average Bonchev–Trinajstić information content (AvgIpc) is 2.84. The maximum Gasteiger partial charge on any atom is 0.416 e. The molecule has 3 nitrogen and oxygen atoms in total. The van der Waals surface area contributed by atoms with Gasteiger partial charge in [-0.3, -0.25) is 4.79 Å². The predicted octanol–water partition coefficient (Wildman–Crippen LogP) is 4.37. The van der Waals surface area contributed by atoms with Crippen LogP contribution in [-0.4, -0.2) is 13.0 Å². The summed E-state index contributed by atoms with van der Waals surface area (Å²) in [7, 11) is 1.50. The van der Waals surface area contributed by atoms with Crippen LogP contribution in [0.4, 0.5) is 18.2 Å². The minimum Gasteiger partial charge on any atom is -0.333 e. The Hall–Kier alpha value is -1.86. The van der Waals surface area contributed by atoms with Crippen molar-refractivity contribution < 1.29 is 18.0 Å². The van der Waals surface area contributed by atoms with E-state index in [0.717, 1.165) is 45.5 Å². The summed E-state index contributed by atoms with van der Waals surface area (Å²) >= 11 is 1.35. The van der Waals surface area contributed by atoms with Crippen LogP contribution in [0.2, 0.25) is 0 Å². The lowest BCUT2D eigenvalue weighted by Gasteiger charge is -2.18. The molecular formula is C17H19F3N2OS. The summed E-state index contributed by atoms with van der Waals surface area (Å²) in [5, 5.41) is 3.49. The van der Waals surface area contributed by atoms with Crippen molar-refractivity contribution in [2.24, 2.45) is 5.73 Å². The molecule has 1 aliphatic carbocycles. The summed E-state index contributed by atoms with van der Waals surface area (Å²) < 4.78 is 38.8. The number of carbonyl (C=O) groups is 1. The van der Waals surface area contributed by atoms with Gasteiger partial charge in [0.05, 0.1) is 10.6 Å². The van der Waals surface area contributed by atoms with Gasteiger partial charge in [0, 0.05) is 11.8 Å². The lowest BCUT2D eigenvalue weighted by Crippen LogP contribution is -2.08. The monoisotopic (exact) mass is 356 g/mol. The van der Waals surface area contributed by atoms with Crippen LogP contribution in [0.3, 0.4) is 0 Å². The van der Waals surface area contributed by atoms with Gasteiger partial charge in [-0.25, -0.2) is 0 Å². The number of benzene rings is 1. The minimum absolute atomic E-state index is 0.175. The van der Waals surface area contributed by atoms with Crippen molar-refractivity contribution in [3.8, 4) is 10.4 Å². The van der Waals surface area contributed by atoms with Crippen molar-refractivity contribution in [2.45, 2.75) is 32.9 Å². The van der Waals surface area contributed by atoms with Gasteiger partial charge in [-0.2, -0.15) is 13.2 Å². The van der Waals surface area contributed by atoms with E-state index in [4.69, 9.17) is 0 Å². The first-order chi connectivity index (χ1) is 11.3. The molecule has 130 valence electrons. The Morgan fingerprint density at radius 1 is 1.25 bits per heavy atom. The summed E-state index contributed by atoms with van der Waals surface area (Å²) in [6, 6.07) is 3.92. The second-order valence-corrected chi connectivity index (χ2v) is 6.44.